The predicted octanol–water partition coefficient (Wildman–Crippen LogP) is 4.17. The largest absolute Gasteiger partial charge is 0.391 e. The van der Waals surface area contributed by atoms with Gasteiger partial charge in [0.2, 0.25) is 0 Å². The summed E-state index contributed by atoms with van der Waals surface area (Å²) in [7, 11) is 0. The molecule has 30 heavy (non-hydrogen) atoms. The van der Waals surface area contributed by atoms with Gasteiger partial charge in [0.25, 0.3) is 0 Å². The lowest BCUT2D eigenvalue weighted by Crippen LogP contribution is -2.17. The molecule has 1 aliphatic carbocycles. The van der Waals surface area contributed by atoms with Gasteiger partial charge in [-0.1, -0.05) is 12.1 Å². The standard InChI is InChI=1S/C22H23N7O/c23-21-18(28-24)10-15-4-3-13(7-17(15)27-21)1-2-14-8-19(20(30)9-14)29-6-5-16-11-25-12-26-22(16)29/h3-7,10-12,14,19-20,24,30H,1-2,8-9H2,(H2,23,27)/t14-,19+,20+/m0/s1. The minimum absolute atomic E-state index is 0.0486. The predicted molar refractivity (Wildman–Crippen MR) is 115 cm³/mol. The molecule has 3 atom stereocenters. The van der Waals surface area contributed by atoms with Crippen LogP contribution in [0.5, 0.6) is 0 Å². The van der Waals surface area contributed by atoms with Gasteiger partial charge in [0.1, 0.15) is 17.7 Å². The van der Waals surface area contributed by atoms with Crippen molar-refractivity contribution in [1.29, 1.82) is 5.53 Å². The number of aromatic nitrogens is 4. The van der Waals surface area contributed by atoms with Crippen LogP contribution in [0.2, 0.25) is 0 Å². The Bertz CT molecular complexity index is 1230. The van der Waals surface area contributed by atoms with Crippen LogP contribution in [0.25, 0.3) is 21.9 Å². The summed E-state index contributed by atoms with van der Waals surface area (Å²) in [6.45, 7) is 0. The van der Waals surface area contributed by atoms with Crippen LogP contribution in [-0.2, 0) is 6.42 Å². The van der Waals surface area contributed by atoms with Gasteiger partial charge in [0, 0.05) is 23.2 Å². The lowest BCUT2D eigenvalue weighted by atomic mass is 9.97. The second-order valence-corrected chi connectivity index (χ2v) is 8.07. The lowest BCUT2D eigenvalue weighted by Gasteiger charge is -2.17. The average molecular weight is 401 g/mol. The molecule has 3 aromatic heterocycles. The van der Waals surface area contributed by atoms with Crippen molar-refractivity contribution in [2.24, 2.45) is 11.0 Å². The number of fused-ring (bicyclic) bond motifs is 2. The number of nitrogen functional groups attached to an aromatic ring is 1. The lowest BCUT2D eigenvalue weighted by molar-refractivity contribution is 0.136. The molecular weight excluding hydrogens is 378 g/mol. The maximum atomic E-state index is 10.7. The minimum Gasteiger partial charge on any atom is -0.391 e. The number of anilines is 1. The molecule has 1 aliphatic rings. The van der Waals surface area contributed by atoms with Crippen molar-refractivity contribution in [1.82, 2.24) is 19.5 Å². The number of benzene rings is 1. The number of aliphatic hydroxyl groups is 1. The molecule has 4 aromatic rings. The number of nitrogens with one attached hydrogen (secondary N) is 1. The van der Waals surface area contributed by atoms with Gasteiger partial charge >= 0.3 is 0 Å². The van der Waals surface area contributed by atoms with E-state index in [1.54, 1.807) is 18.6 Å². The highest BCUT2D eigenvalue weighted by Gasteiger charge is 2.34. The molecular formula is C22H23N7O. The Morgan fingerprint density at radius 1 is 1.20 bits per heavy atom. The smallest absolute Gasteiger partial charge is 0.151 e. The second-order valence-electron chi connectivity index (χ2n) is 8.07. The number of nitrogens with zero attached hydrogens (tertiary/aromatic N) is 5. The molecule has 152 valence electrons. The highest BCUT2D eigenvalue weighted by Crippen LogP contribution is 2.39. The van der Waals surface area contributed by atoms with Gasteiger partial charge in [-0.15, -0.1) is 0 Å². The van der Waals surface area contributed by atoms with Crippen molar-refractivity contribution in [3.05, 3.63) is 54.6 Å². The summed E-state index contributed by atoms with van der Waals surface area (Å²) >= 11 is 0. The van der Waals surface area contributed by atoms with Gasteiger partial charge in [0.05, 0.1) is 17.7 Å². The zero-order valence-electron chi connectivity index (χ0n) is 16.4. The van der Waals surface area contributed by atoms with Gasteiger partial charge in [-0.05, 0) is 55.4 Å². The molecule has 1 aromatic carbocycles. The molecule has 8 nitrogen and oxygen atoms in total. The van der Waals surface area contributed by atoms with E-state index in [9.17, 15) is 5.11 Å². The molecule has 3 heterocycles. The van der Waals surface area contributed by atoms with E-state index in [1.165, 1.54) is 5.56 Å². The minimum atomic E-state index is -0.370. The summed E-state index contributed by atoms with van der Waals surface area (Å²) < 4.78 is 2.10. The highest BCUT2D eigenvalue weighted by molar-refractivity contribution is 5.85. The van der Waals surface area contributed by atoms with Crippen molar-refractivity contribution in [3.8, 4) is 0 Å². The summed E-state index contributed by atoms with van der Waals surface area (Å²) in [6, 6.07) is 9.99. The first kappa shape index (κ1) is 18.6. The summed E-state index contributed by atoms with van der Waals surface area (Å²) in [5.41, 5.74) is 16.3. The zero-order valence-corrected chi connectivity index (χ0v) is 16.4. The van der Waals surface area contributed by atoms with E-state index in [-0.39, 0.29) is 18.0 Å². The van der Waals surface area contributed by atoms with E-state index in [0.29, 0.717) is 11.6 Å². The number of hydrogen-bond donors (Lipinski definition) is 3. The fourth-order valence-corrected chi connectivity index (χ4v) is 4.63. The number of rotatable bonds is 5. The molecule has 0 unspecified atom stereocenters. The molecule has 4 N–H and O–H groups in total. The van der Waals surface area contributed by atoms with E-state index >= 15 is 0 Å². The van der Waals surface area contributed by atoms with E-state index in [4.69, 9.17) is 11.3 Å². The first-order valence-electron chi connectivity index (χ1n) is 10.1. The monoisotopic (exact) mass is 401 g/mol. The topological polar surface area (TPSA) is 126 Å². The number of nitrogens with two attached hydrogens (primary N) is 1. The SMILES string of the molecule is N=Nc1cc2ccc(CC[C@@H]3C[C@@H](O)[C@H](n4ccc5cncnc54)C3)cc2nc1N. The van der Waals surface area contributed by atoms with Gasteiger partial charge in [-0.3, -0.25) is 0 Å². The number of aliphatic hydroxyl groups excluding tert-OH is 1. The first-order valence-corrected chi connectivity index (χ1v) is 10.1. The van der Waals surface area contributed by atoms with Crippen LogP contribution in [0.15, 0.2) is 54.2 Å². The maximum Gasteiger partial charge on any atom is 0.151 e. The van der Waals surface area contributed by atoms with E-state index in [2.05, 4.69) is 36.8 Å². The van der Waals surface area contributed by atoms with Crippen molar-refractivity contribution in [2.45, 2.75) is 37.8 Å². The molecule has 0 radical (unpaired) electrons. The Balaban J connectivity index is 1.29. The Kier molecular flexibility index (Phi) is 4.63. The van der Waals surface area contributed by atoms with Crippen molar-refractivity contribution in [3.63, 3.8) is 0 Å². The fourth-order valence-electron chi connectivity index (χ4n) is 4.63. The second kappa shape index (κ2) is 7.46. The third kappa shape index (κ3) is 3.29. The number of pyridine rings is 1. The van der Waals surface area contributed by atoms with Crippen LogP contribution in [-0.4, -0.2) is 30.7 Å². The molecule has 0 aliphatic heterocycles. The maximum absolute atomic E-state index is 10.7. The normalized spacial score (nSPS) is 21.4. The quantitative estimate of drug-likeness (QED) is 0.433. The van der Waals surface area contributed by atoms with E-state index < -0.39 is 0 Å². The third-order valence-electron chi connectivity index (χ3n) is 6.18. The number of hydrogen-bond acceptors (Lipinski definition) is 7. The van der Waals surface area contributed by atoms with Crippen LogP contribution in [0, 0.1) is 11.4 Å². The molecule has 0 saturated heterocycles. The third-order valence-corrected chi connectivity index (χ3v) is 6.18. The van der Waals surface area contributed by atoms with Gasteiger partial charge in [0.15, 0.2) is 5.82 Å². The molecule has 0 bridgehead atoms. The van der Waals surface area contributed by atoms with Crippen molar-refractivity contribution < 1.29 is 5.11 Å². The first-order chi connectivity index (χ1) is 14.6. The molecule has 0 spiro atoms. The van der Waals surface area contributed by atoms with Crippen LogP contribution in [0.4, 0.5) is 11.5 Å². The summed E-state index contributed by atoms with van der Waals surface area (Å²) in [5, 5.41) is 16.0. The number of aryl methyl sites for hydroxylation is 1. The van der Waals surface area contributed by atoms with Crippen molar-refractivity contribution in [2.75, 3.05) is 5.73 Å². The Labute approximate surface area is 173 Å². The highest BCUT2D eigenvalue weighted by atomic mass is 16.3. The van der Waals surface area contributed by atoms with Gasteiger partial charge in [-0.2, -0.15) is 5.11 Å². The Morgan fingerprint density at radius 3 is 2.97 bits per heavy atom. The van der Waals surface area contributed by atoms with Crippen LogP contribution in [0.1, 0.15) is 30.9 Å². The van der Waals surface area contributed by atoms with Gasteiger partial charge < -0.3 is 15.4 Å². The molecule has 1 fully saturated rings. The summed E-state index contributed by atoms with van der Waals surface area (Å²) in [4.78, 5) is 12.8. The molecule has 0 amide bonds. The van der Waals surface area contributed by atoms with E-state index in [0.717, 1.165) is 47.6 Å². The summed E-state index contributed by atoms with van der Waals surface area (Å²) in [5.74, 6) is 0.724. The average Bonchev–Trinajstić information content (AvgIpc) is 3.34. The Hall–Kier alpha value is -3.39. The zero-order chi connectivity index (χ0) is 20.7. The van der Waals surface area contributed by atoms with Crippen LogP contribution < -0.4 is 5.73 Å². The van der Waals surface area contributed by atoms with E-state index in [1.807, 2.05) is 18.3 Å². The van der Waals surface area contributed by atoms with Crippen LogP contribution >= 0.6 is 0 Å². The summed E-state index contributed by atoms with van der Waals surface area (Å²) in [6.07, 6.45) is 8.64. The Morgan fingerprint density at radius 2 is 2.10 bits per heavy atom. The van der Waals surface area contributed by atoms with Crippen molar-refractivity contribution >= 4 is 33.4 Å². The fraction of sp³-hybridized carbons (Fsp3) is 0.318. The van der Waals surface area contributed by atoms with Crippen LogP contribution in [0.3, 0.4) is 0 Å². The van der Waals surface area contributed by atoms with Gasteiger partial charge in [-0.25, -0.2) is 20.5 Å². The molecule has 5 rings (SSSR count). The molecule has 8 heteroatoms. The molecule has 1 saturated carbocycles.